The summed E-state index contributed by atoms with van der Waals surface area (Å²) in [6, 6.07) is 95.5. The number of aromatic nitrogens is 1. The molecule has 380 valence electrons. The van der Waals surface area contributed by atoms with Gasteiger partial charge >= 0.3 is 0 Å². The Bertz CT molecular complexity index is 5000. The summed E-state index contributed by atoms with van der Waals surface area (Å²) in [5.41, 5.74) is 25.6. The Morgan fingerprint density at radius 1 is 0.370 bits per heavy atom. The molecule has 3 aromatic heterocycles. The molecule has 2 aliphatic rings. The number of rotatable bonds is 6. The van der Waals surface area contributed by atoms with Gasteiger partial charge in [-0.1, -0.05) is 203 Å². The molecule has 15 aromatic rings. The van der Waals surface area contributed by atoms with E-state index in [0.717, 1.165) is 49.8 Å². The molecule has 5 heterocycles. The highest BCUT2D eigenvalue weighted by Crippen LogP contribution is 2.53. The van der Waals surface area contributed by atoms with Crippen LogP contribution in [-0.2, 0) is 5.41 Å². The van der Waals surface area contributed by atoms with Crippen molar-refractivity contribution in [1.29, 1.82) is 0 Å². The van der Waals surface area contributed by atoms with E-state index in [4.69, 9.17) is 4.42 Å². The zero-order valence-electron chi connectivity index (χ0n) is 45.0. The van der Waals surface area contributed by atoms with Crippen molar-refractivity contribution in [3.05, 3.63) is 260 Å². The van der Waals surface area contributed by atoms with E-state index in [9.17, 15) is 0 Å². The second-order valence-electron chi connectivity index (χ2n) is 23.2. The topological polar surface area (TPSA) is 21.3 Å². The number of thiophene rings is 1. The minimum atomic E-state index is -0.190. The summed E-state index contributed by atoms with van der Waals surface area (Å²) in [5.74, 6) is 0. The van der Waals surface area contributed by atoms with E-state index in [0.29, 0.717) is 0 Å². The van der Waals surface area contributed by atoms with Gasteiger partial charge in [0.1, 0.15) is 11.2 Å². The molecule has 17 rings (SSSR count). The SMILES string of the molecule is CC(C)(C)c1cc(-c2cccc(-c3ccccc3)c2)c(N2c3cc4c(cc3B3c5c2cc(-c2ccccc2)cc5-n2c5cc6oc7ccccc7c6cc5c5cccc3c52)sc2ccccc24)c(-c2cccc(-c3ccccc3)c2)c1. The third-order valence-corrected chi connectivity index (χ3v) is 18.6. The Morgan fingerprint density at radius 3 is 1.62 bits per heavy atom. The van der Waals surface area contributed by atoms with E-state index in [1.54, 1.807) is 0 Å². The van der Waals surface area contributed by atoms with Crippen LogP contribution in [0.15, 0.2) is 259 Å². The molecule has 0 unspecified atom stereocenters. The Hall–Kier alpha value is -9.68. The van der Waals surface area contributed by atoms with Gasteiger partial charge in [0.2, 0.25) is 0 Å². The summed E-state index contributed by atoms with van der Waals surface area (Å²) in [6.07, 6.45) is 0. The second-order valence-corrected chi connectivity index (χ2v) is 24.3. The quantitative estimate of drug-likeness (QED) is 0.155. The summed E-state index contributed by atoms with van der Waals surface area (Å²) in [6.45, 7) is 6.98. The van der Waals surface area contributed by atoms with Gasteiger partial charge in [0.15, 0.2) is 0 Å². The summed E-state index contributed by atoms with van der Waals surface area (Å²) < 4.78 is 11.9. The fourth-order valence-corrected chi connectivity index (χ4v) is 14.8. The van der Waals surface area contributed by atoms with Crippen LogP contribution < -0.4 is 21.3 Å². The van der Waals surface area contributed by atoms with Crippen molar-refractivity contribution >= 4 is 115 Å². The molecule has 0 bridgehead atoms. The van der Waals surface area contributed by atoms with Crippen LogP contribution in [0.4, 0.5) is 17.1 Å². The van der Waals surface area contributed by atoms with Gasteiger partial charge in [-0.2, -0.15) is 0 Å². The van der Waals surface area contributed by atoms with Crippen molar-refractivity contribution in [3.8, 4) is 61.3 Å². The monoisotopic (exact) mass is 1050 g/mol. The largest absolute Gasteiger partial charge is 0.456 e. The molecule has 3 nitrogen and oxygen atoms in total. The first kappa shape index (κ1) is 46.3. The minimum absolute atomic E-state index is 0.0893. The van der Waals surface area contributed by atoms with Crippen molar-refractivity contribution in [2.24, 2.45) is 0 Å². The maximum Gasteiger partial charge on any atom is 0.252 e. The summed E-state index contributed by atoms with van der Waals surface area (Å²) in [5, 5.41) is 7.29. The first-order valence-electron chi connectivity index (χ1n) is 28.2. The van der Waals surface area contributed by atoms with Gasteiger partial charge in [0.05, 0.1) is 11.2 Å². The summed E-state index contributed by atoms with van der Waals surface area (Å²) >= 11 is 1.90. The van der Waals surface area contributed by atoms with Crippen LogP contribution in [0.25, 0.3) is 125 Å². The molecule has 0 amide bonds. The lowest BCUT2D eigenvalue weighted by molar-refractivity contribution is 0.591. The van der Waals surface area contributed by atoms with Crippen molar-refractivity contribution < 1.29 is 4.42 Å². The van der Waals surface area contributed by atoms with Crippen molar-refractivity contribution in [3.63, 3.8) is 0 Å². The highest BCUT2D eigenvalue weighted by atomic mass is 32.1. The van der Waals surface area contributed by atoms with E-state index in [1.165, 1.54) is 114 Å². The van der Waals surface area contributed by atoms with Gasteiger partial charge in [-0.3, -0.25) is 0 Å². The van der Waals surface area contributed by atoms with Crippen molar-refractivity contribution in [1.82, 2.24) is 4.57 Å². The average Bonchev–Trinajstić information content (AvgIpc) is 3.03. The van der Waals surface area contributed by atoms with Gasteiger partial charge in [-0.15, -0.1) is 11.3 Å². The van der Waals surface area contributed by atoms with Crippen molar-refractivity contribution in [2.45, 2.75) is 26.2 Å². The molecule has 0 saturated heterocycles. The zero-order chi connectivity index (χ0) is 53.7. The molecule has 0 N–H and O–H groups in total. The first-order chi connectivity index (χ1) is 39.8. The molecule has 81 heavy (non-hydrogen) atoms. The van der Waals surface area contributed by atoms with Gasteiger partial charge in [0.25, 0.3) is 6.71 Å². The lowest BCUT2D eigenvalue weighted by atomic mass is 9.33. The molecule has 0 aliphatic carbocycles. The molecule has 0 saturated carbocycles. The number of hydrogen-bond donors (Lipinski definition) is 0. The van der Waals surface area contributed by atoms with Crippen LogP contribution in [-0.4, -0.2) is 11.3 Å². The third kappa shape index (κ3) is 7.02. The van der Waals surface area contributed by atoms with Gasteiger partial charge in [0, 0.05) is 81.5 Å². The maximum absolute atomic E-state index is 6.75. The number of fused-ring (bicyclic) bond motifs is 13. The van der Waals surface area contributed by atoms with Crippen molar-refractivity contribution in [2.75, 3.05) is 4.90 Å². The number of anilines is 3. The summed E-state index contributed by atoms with van der Waals surface area (Å²) in [7, 11) is 0. The first-order valence-corrected chi connectivity index (χ1v) is 29.0. The molecule has 0 spiro atoms. The third-order valence-electron chi connectivity index (χ3n) is 17.5. The second kappa shape index (κ2) is 17.4. The molecular formula is C76H51BN2OS. The lowest BCUT2D eigenvalue weighted by Crippen LogP contribution is -2.60. The fourth-order valence-electron chi connectivity index (χ4n) is 13.7. The molecule has 0 atom stereocenters. The smallest absolute Gasteiger partial charge is 0.252 e. The average molecular weight is 1050 g/mol. The summed E-state index contributed by atoms with van der Waals surface area (Å²) in [4.78, 5) is 2.71. The standard InChI is InChI=1S/C76H51BN2OS/c1-76(2,3)54-40-58(51-28-17-26-49(36-51)46-20-7-4-8-21-46)74(59(41-54)52-29-18-27-50(37-52)47-22-9-5-10-23-47)79-66-43-62-56-31-14-16-35-71(56)81-72(62)44-64(66)77-63-33-19-32-57-60-42-61-55-30-13-15-34-69(55)80-70(61)45-65(60)78(75(57)63)67-38-53(39-68(79)73(67)77)48-24-11-6-12-25-48/h4-45H,1-3H3. The predicted octanol–water partition coefficient (Wildman–Crippen LogP) is 19.3. The van der Waals surface area contributed by atoms with Crippen LogP contribution in [0.5, 0.6) is 0 Å². The number of para-hydroxylation sites is 2. The molecule has 12 aromatic carbocycles. The number of furan rings is 1. The molecule has 0 radical (unpaired) electrons. The number of hydrogen-bond acceptors (Lipinski definition) is 3. The highest BCUT2D eigenvalue weighted by molar-refractivity contribution is 7.26. The molecule has 0 fully saturated rings. The maximum atomic E-state index is 6.75. The Morgan fingerprint density at radius 2 is 0.938 bits per heavy atom. The van der Waals surface area contributed by atoms with E-state index in [2.05, 4.69) is 285 Å². The normalized spacial score (nSPS) is 12.8. The van der Waals surface area contributed by atoms with Crippen LogP contribution in [0, 0.1) is 0 Å². The van der Waals surface area contributed by atoms with E-state index >= 15 is 0 Å². The Labute approximate surface area is 474 Å². The Kier molecular flexibility index (Phi) is 9.94. The fraction of sp³-hybridized carbons (Fsp3) is 0.0526. The Balaban J connectivity index is 1.06. The highest BCUT2D eigenvalue weighted by Gasteiger charge is 2.44. The van der Waals surface area contributed by atoms with Gasteiger partial charge in [-0.05, 0) is 139 Å². The predicted molar refractivity (Wildman–Crippen MR) is 346 cm³/mol. The van der Waals surface area contributed by atoms with Crippen LogP contribution in [0.3, 0.4) is 0 Å². The lowest BCUT2D eigenvalue weighted by Gasteiger charge is -2.42. The van der Waals surface area contributed by atoms with Crippen LogP contribution >= 0.6 is 11.3 Å². The van der Waals surface area contributed by atoms with E-state index in [-0.39, 0.29) is 12.1 Å². The zero-order valence-corrected chi connectivity index (χ0v) is 45.9. The molecule has 5 heteroatoms. The van der Waals surface area contributed by atoms with Crippen LogP contribution in [0.1, 0.15) is 26.3 Å². The van der Waals surface area contributed by atoms with Gasteiger partial charge < -0.3 is 13.9 Å². The molecular weight excluding hydrogens is 1000 g/mol. The molecule has 2 aliphatic heterocycles. The number of nitrogens with zero attached hydrogens (tertiary/aromatic N) is 2. The van der Waals surface area contributed by atoms with E-state index < -0.39 is 0 Å². The minimum Gasteiger partial charge on any atom is -0.456 e. The van der Waals surface area contributed by atoms with Crippen LogP contribution in [0.2, 0.25) is 0 Å². The van der Waals surface area contributed by atoms with E-state index in [1.807, 2.05) is 11.3 Å². The van der Waals surface area contributed by atoms with Gasteiger partial charge in [-0.25, -0.2) is 0 Å². The number of benzene rings is 12.